The van der Waals surface area contributed by atoms with Crippen LogP contribution < -0.4 is 10.9 Å². The van der Waals surface area contributed by atoms with E-state index in [1.165, 1.54) is 6.07 Å². The summed E-state index contributed by atoms with van der Waals surface area (Å²) in [6, 6.07) is 3.09. The second-order valence-electron chi connectivity index (χ2n) is 3.02. The predicted octanol–water partition coefficient (Wildman–Crippen LogP) is 0.533. The lowest BCUT2D eigenvalue weighted by atomic mass is 10.1. The van der Waals surface area contributed by atoms with Crippen LogP contribution in [0.1, 0.15) is 11.1 Å². The van der Waals surface area contributed by atoms with Gasteiger partial charge in [0.25, 0.3) is 0 Å². The molecule has 0 aliphatic rings. The molecule has 0 amide bonds. The molecule has 0 unspecified atom stereocenters. The molecule has 0 saturated heterocycles. The zero-order valence-electron chi connectivity index (χ0n) is 7.53. The number of benzene rings is 1. The van der Waals surface area contributed by atoms with Crippen molar-refractivity contribution in [3.8, 4) is 0 Å². The van der Waals surface area contributed by atoms with Gasteiger partial charge in [0.2, 0.25) is 10.0 Å². The van der Waals surface area contributed by atoms with Gasteiger partial charge in [-0.1, -0.05) is 0 Å². The van der Waals surface area contributed by atoms with Crippen molar-refractivity contribution < 1.29 is 8.42 Å². The summed E-state index contributed by atoms with van der Waals surface area (Å²) < 4.78 is 22.1. The minimum absolute atomic E-state index is 0.138. The average molecular weight is 200 g/mol. The van der Waals surface area contributed by atoms with Crippen LogP contribution in [0.25, 0.3) is 0 Å². The molecule has 0 radical (unpaired) electrons. The first-order chi connectivity index (χ1) is 5.82. The summed E-state index contributed by atoms with van der Waals surface area (Å²) in [7, 11) is -3.63. The highest BCUT2D eigenvalue weighted by atomic mass is 32.2. The Kier molecular flexibility index (Phi) is 2.32. The summed E-state index contributed by atoms with van der Waals surface area (Å²) in [6.07, 6.45) is 0. The van der Waals surface area contributed by atoms with E-state index in [2.05, 4.69) is 0 Å². The molecule has 0 heterocycles. The monoisotopic (exact) mass is 200 g/mol. The molecule has 0 aliphatic carbocycles. The summed E-state index contributed by atoms with van der Waals surface area (Å²) in [6.45, 7) is 3.40. The van der Waals surface area contributed by atoms with E-state index in [4.69, 9.17) is 10.9 Å². The van der Waals surface area contributed by atoms with Crippen LogP contribution in [-0.2, 0) is 10.0 Å². The zero-order chi connectivity index (χ0) is 10.2. The SMILES string of the molecule is Cc1cc(S(N)(=O)=O)c(C)cc1N. The van der Waals surface area contributed by atoms with Crippen molar-refractivity contribution in [2.75, 3.05) is 5.73 Å². The van der Waals surface area contributed by atoms with Crippen LogP contribution in [0.3, 0.4) is 0 Å². The lowest BCUT2D eigenvalue weighted by Crippen LogP contribution is -2.14. The fraction of sp³-hybridized carbons (Fsp3) is 0.250. The maximum absolute atomic E-state index is 11.1. The Balaban J connectivity index is 3.50. The summed E-state index contributed by atoms with van der Waals surface area (Å²) >= 11 is 0. The molecule has 4 nitrogen and oxygen atoms in total. The Morgan fingerprint density at radius 1 is 1.15 bits per heavy atom. The van der Waals surface area contributed by atoms with Crippen molar-refractivity contribution in [2.24, 2.45) is 5.14 Å². The molecule has 0 aromatic heterocycles. The van der Waals surface area contributed by atoms with E-state index in [0.717, 1.165) is 5.56 Å². The second-order valence-corrected chi connectivity index (χ2v) is 4.55. The van der Waals surface area contributed by atoms with E-state index in [9.17, 15) is 8.42 Å². The summed E-state index contributed by atoms with van der Waals surface area (Å²) in [5.41, 5.74) is 7.46. The number of nitrogen functional groups attached to an aromatic ring is 1. The molecular weight excluding hydrogens is 188 g/mol. The molecule has 72 valence electrons. The van der Waals surface area contributed by atoms with Crippen LogP contribution in [0, 0.1) is 13.8 Å². The number of anilines is 1. The Bertz CT molecular complexity index is 438. The molecule has 0 atom stereocenters. The molecule has 4 N–H and O–H groups in total. The number of rotatable bonds is 1. The van der Waals surface area contributed by atoms with Crippen LogP contribution in [0.5, 0.6) is 0 Å². The van der Waals surface area contributed by atoms with Gasteiger partial charge in [0.05, 0.1) is 4.90 Å². The lowest BCUT2D eigenvalue weighted by molar-refractivity contribution is 0.597. The standard InChI is InChI=1S/C8H12N2O2S/c1-5-4-8(13(10,11)12)6(2)3-7(5)9/h3-4H,9H2,1-2H3,(H2,10,11,12). The van der Waals surface area contributed by atoms with Crippen LogP contribution in [0.15, 0.2) is 17.0 Å². The van der Waals surface area contributed by atoms with Gasteiger partial charge in [-0.05, 0) is 37.1 Å². The maximum Gasteiger partial charge on any atom is 0.238 e. The first-order valence-corrected chi connectivity index (χ1v) is 5.26. The molecule has 5 heteroatoms. The van der Waals surface area contributed by atoms with E-state index in [1.807, 2.05) is 0 Å². The smallest absolute Gasteiger partial charge is 0.238 e. The topological polar surface area (TPSA) is 86.2 Å². The average Bonchev–Trinajstić information content (AvgIpc) is 1.94. The molecule has 0 aliphatic heterocycles. The fourth-order valence-electron chi connectivity index (χ4n) is 1.12. The molecule has 0 spiro atoms. The van der Waals surface area contributed by atoms with Crippen LogP contribution in [-0.4, -0.2) is 8.42 Å². The Labute approximate surface area is 77.6 Å². The van der Waals surface area contributed by atoms with Crippen LogP contribution in [0.4, 0.5) is 5.69 Å². The number of hydrogen-bond acceptors (Lipinski definition) is 3. The molecule has 0 saturated carbocycles. The van der Waals surface area contributed by atoms with E-state index in [0.29, 0.717) is 11.3 Å². The molecule has 0 bridgehead atoms. The zero-order valence-corrected chi connectivity index (χ0v) is 8.35. The highest BCUT2D eigenvalue weighted by Crippen LogP contribution is 2.20. The molecule has 1 rings (SSSR count). The Hall–Kier alpha value is -1.07. The number of nitrogens with two attached hydrogens (primary N) is 2. The molecule has 1 aromatic carbocycles. The first kappa shape index (κ1) is 10.0. The summed E-state index contributed by atoms with van der Waals surface area (Å²) in [5.74, 6) is 0. The van der Waals surface area contributed by atoms with Crippen LogP contribution in [0.2, 0.25) is 0 Å². The Morgan fingerprint density at radius 3 is 2.15 bits per heavy atom. The van der Waals surface area contributed by atoms with Gasteiger partial charge >= 0.3 is 0 Å². The second kappa shape index (κ2) is 3.01. The van der Waals surface area contributed by atoms with Gasteiger partial charge in [-0.3, -0.25) is 0 Å². The van der Waals surface area contributed by atoms with E-state index >= 15 is 0 Å². The van der Waals surface area contributed by atoms with Crippen molar-refractivity contribution in [1.29, 1.82) is 0 Å². The van der Waals surface area contributed by atoms with Crippen molar-refractivity contribution in [1.82, 2.24) is 0 Å². The molecule has 0 fully saturated rings. The fourth-order valence-corrected chi connectivity index (χ4v) is 1.97. The third kappa shape index (κ3) is 1.99. The van der Waals surface area contributed by atoms with E-state index in [-0.39, 0.29) is 4.90 Å². The van der Waals surface area contributed by atoms with Gasteiger partial charge in [0.1, 0.15) is 0 Å². The van der Waals surface area contributed by atoms with Gasteiger partial charge in [-0.15, -0.1) is 0 Å². The number of primary sulfonamides is 1. The third-order valence-corrected chi connectivity index (χ3v) is 2.92. The largest absolute Gasteiger partial charge is 0.399 e. The van der Waals surface area contributed by atoms with Gasteiger partial charge < -0.3 is 5.73 Å². The van der Waals surface area contributed by atoms with E-state index in [1.54, 1.807) is 19.9 Å². The minimum Gasteiger partial charge on any atom is -0.399 e. The lowest BCUT2D eigenvalue weighted by Gasteiger charge is -2.06. The van der Waals surface area contributed by atoms with Gasteiger partial charge in [-0.25, -0.2) is 13.6 Å². The van der Waals surface area contributed by atoms with Crippen molar-refractivity contribution in [2.45, 2.75) is 18.7 Å². The quantitative estimate of drug-likeness (QED) is 0.648. The normalized spacial score (nSPS) is 11.6. The predicted molar refractivity (Wildman–Crippen MR) is 51.7 cm³/mol. The van der Waals surface area contributed by atoms with Crippen LogP contribution >= 0.6 is 0 Å². The number of aryl methyl sites for hydroxylation is 2. The summed E-state index contributed by atoms with van der Waals surface area (Å²) in [4.78, 5) is 0.138. The Morgan fingerprint density at radius 2 is 1.69 bits per heavy atom. The minimum atomic E-state index is -3.63. The highest BCUT2D eigenvalue weighted by Gasteiger charge is 2.12. The van der Waals surface area contributed by atoms with Crippen molar-refractivity contribution >= 4 is 15.7 Å². The van der Waals surface area contributed by atoms with Crippen molar-refractivity contribution in [3.05, 3.63) is 23.3 Å². The summed E-state index contributed by atoms with van der Waals surface area (Å²) in [5, 5.41) is 5.01. The molecule has 1 aromatic rings. The van der Waals surface area contributed by atoms with Gasteiger partial charge in [0.15, 0.2) is 0 Å². The first-order valence-electron chi connectivity index (χ1n) is 3.72. The number of hydrogen-bond donors (Lipinski definition) is 2. The maximum atomic E-state index is 11.1. The van der Waals surface area contributed by atoms with Gasteiger partial charge in [-0.2, -0.15) is 0 Å². The highest BCUT2D eigenvalue weighted by molar-refractivity contribution is 7.89. The van der Waals surface area contributed by atoms with Crippen molar-refractivity contribution in [3.63, 3.8) is 0 Å². The molecular formula is C8H12N2O2S. The third-order valence-electron chi connectivity index (χ3n) is 1.87. The molecule has 13 heavy (non-hydrogen) atoms. The van der Waals surface area contributed by atoms with E-state index < -0.39 is 10.0 Å². The van der Waals surface area contributed by atoms with Gasteiger partial charge in [0, 0.05) is 5.69 Å². The number of sulfonamides is 1.